The highest BCUT2D eigenvalue weighted by molar-refractivity contribution is 7.92. The largest absolute Gasteiger partial charge is 0.392 e. The second kappa shape index (κ2) is 5.97. The first kappa shape index (κ1) is 15.1. The van der Waals surface area contributed by atoms with Crippen LogP contribution in [0.4, 0.5) is 5.69 Å². The van der Waals surface area contributed by atoms with E-state index in [1.807, 2.05) is 0 Å². The number of rotatable bonds is 4. The van der Waals surface area contributed by atoms with Crippen LogP contribution >= 0.6 is 23.2 Å². The molecule has 0 radical (unpaired) electrons. The zero-order chi connectivity index (χ0) is 14.8. The SMILES string of the molecule is O=S(=O)(Nc1cc(Cl)ccc1Cl)c1ccc(CO)cn1. The van der Waals surface area contributed by atoms with Crippen molar-refractivity contribution in [3.8, 4) is 0 Å². The van der Waals surface area contributed by atoms with E-state index in [-0.39, 0.29) is 22.3 Å². The van der Waals surface area contributed by atoms with Crippen LogP contribution in [-0.2, 0) is 16.6 Å². The average Bonchev–Trinajstić information content (AvgIpc) is 2.43. The Morgan fingerprint density at radius 1 is 1.20 bits per heavy atom. The van der Waals surface area contributed by atoms with Crippen LogP contribution in [0.2, 0.25) is 10.0 Å². The Morgan fingerprint density at radius 3 is 2.55 bits per heavy atom. The van der Waals surface area contributed by atoms with Gasteiger partial charge in [-0.1, -0.05) is 29.3 Å². The maximum Gasteiger partial charge on any atom is 0.279 e. The van der Waals surface area contributed by atoms with Gasteiger partial charge in [0, 0.05) is 11.2 Å². The van der Waals surface area contributed by atoms with Gasteiger partial charge in [0.1, 0.15) is 0 Å². The topological polar surface area (TPSA) is 79.3 Å². The molecule has 0 fully saturated rings. The van der Waals surface area contributed by atoms with Gasteiger partial charge in [0.25, 0.3) is 10.0 Å². The number of hydrogen-bond acceptors (Lipinski definition) is 4. The first-order valence-corrected chi connectivity index (χ1v) is 7.70. The van der Waals surface area contributed by atoms with Gasteiger partial charge in [-0.25, -0.2) is 4.98 Å². The maximum atomic E-state index is 12.1. The van der Waals surface area contributed by atoms with Gasteiger partial charge in [0.15, 0.2) is 5.03 Å². The summed E-state index contributed by atoms with van der Waals surface area (Å²) in [7, 11) is -3.86. The average molecular weight is 333 g/mol. The summed E-state index contributed by atoms with van der Waals surface area (Å²) in [6, 6.07) is 7.22. The lowest BCUT2D eigenvalue weighted by molar-refractivity contribution is 0.281. The normalized spacial score (nSPS) is 11.3. The molecule has 106 valence electrons. The first-order chi connectivity index (χ1) is 9.42. The van der Waals surface area contributed by atoms with E-state index in [1.54, 1.807) is 6.07 Å². The maximum absolute atomic E-state index is 12.1. The van der Waals surface area contributed by atoms with E-state index >= 15 is 0 Å². The van der Waals surface area contributed by atoms with Gasteiger partial charge in [-0.05, 0) is 29.8 Å². The highest BCUT2D eigenvalue weighted by Gasteiger charge is 2.17. The van der Waals surface area contributed by atoms with Crippen LogP contribution in [0.5, 0.6) is 0 Å². The minimum absolute atomic E-state index is 0.173. The van der Waals surface area contributed by atoms with Gasteiger partial charge in [0.05, 0.1) is 17.3 Å². The van der Waals surface area contributed by atoms with Crippen molar-refractivity contribution in [2.24, 2.45) is 0 Å². The molecule has 1 heterocycles. The molecule has 1 aromatic heterocycles. The molecule has 20 heavy (non-hydrogen) atoms. The highest BCUT2D eigenvalue weighted by Crippen LogP contribution is 2.27. The van der Waals surface area contributed by atoms with Gasteiger partial charge in [0.2, 0.25) is 0 Å². The predicted octanol–water partition coefficient (Wildman–Crippen LogP) is 2.68. The second-order valence-electron chi connectivity index (χ2n) is 3.89. The fraction of sp³-hybridized carbons (Fsp3) is 0.0833. The summed E-state index contributed by atoms with van der Waals surface area (Å²) in [5.41, 5.74) is 0.692. The molecule has 0 spiro atoms. The van der Waals surface area contributed by atoms with Crippen LogP contribution in [0.15, 0.2) is 41.6 Å². The van der Waals surface area contributed by atoms with Crippen LogP contribution in [-0.4, -0.2) is 18.5 Å². The number of sulfonamides is 1. The lowest BCUT2D eigenvalue weighted by Crippen LogP contribution is -2.14. The van der Waals surface area contributed by atoms with Crippen molar-refractivity contribution in [1.29, 1.82) is 0 Å². The predicted molar refractivity (Wildman–Crippen MR) is 77.4 cm³/mol. The number of aliphatic hydroxyl groups excluding tert-OH is 1. The minimum atomic E-state index is -3.86. The highest BCUT2D eigenvalue weighted by atomic mass is 35.5. The standard InChI is InChI=1S/C12H10Cl2N2O3S/c13-9-2-3-10(14)11(5-9)16-20(18,19)12-4-1-8(7-17)6-15-12/h1-6,16-17H,7H2. The molecule has 0 atom stereocenters. The molecular weight excluding hydrogens is 323 g/mol. The number of aromatic nitrogens is 1. The summed E-state index contributed by atoms with van der Waals surface area (Å²) in [5, 5.41) is 9.30. The molecule has 2 rings (SSSR count). The number of anilines is 1. The van der Waals surface area contributed by atoms with Crippen LogP contribution in [0.3, 0.4) is 0 Å². The summed E-state index contributed by atoms with van der Waals surface area (Å²) in [6.45, 7) is -0.207. The minimum Gasteiger partial charge on any atom is -0.392 e. The molecule has 0 amide bonds. The fourth-order valence-electron chi connectivity index (χ4n) is 1.44. The molecule has 0 saturated heterocycles. The molecule has 8 heteroatoms. The van der Waals surface area contributed by atoms with Crippen molar-refractivity contribution >= 4 is 38.9 Å². The van der Waals surface area contributed by atoms with Gasteiger partial charge >= 0.3 is 0 Å². The molecule has 0 aliphatic heterocycles. The van der Waals surface area contributed by atoms with Gasteiger partial charge in [-0.2, -0.15) is 8.42 Å². The van der Waals surface area contributed by atoms with E-state index in [0.717, 1.165) is 0 Å². The number of nitrogens with zero attached hydrogens (tertiary/aromatic N) is 1. The van der Waals surface area contributed by atoms with E-state index in [1.165, 1.54) is 30.5 Å². The van der Waals surface area contributed by atoms with E-state index in [2.05, 4.69) is 9.71 Å². The van der Waals surface area contributed by atoms with Crippen LogP contribution < -0.4 is 4.72 Å². The van der Waals surface area contributed by atoms with Gasteiger partial charge in [-0.3, -0.25) is 4.72 Å². The summed E-state index contributed by atoms with van der Waals surface area (Å²) < 4.78 is 26.6. The molecule has 2 aromatic rings. The van der Waals surface area contributed by atoms with Crippen molar-refractivity contribution in [3.05, 3.63) is 52.1 Å². The number of aliphatic hydroxyl groups is 1. The van der Waals surface area contributed by atoms with Crippen molar-refractivity contribution < 1.29 is 13.5 Å². The number of hydrogen-bond donors (Lipinski definition) is 2. The zero-order valence-corrected chi connectivity index (χ0v) is 12.4. The fourth-order valence-corrected chi connectivity index (χ4v) is 2.83. The smallest absolute Gasteiger partial charge is 0.279 e. The van der Waals surface area contributed by atoms with E-state index in [4.69, 9.17) is 28.3 Å². The molecular formula is C12H10Cl2N2O3S. The second-order valence-corrected chi connectivity index (χ2v) is 6.37. The zero-order valence-electron chi connectivity index (χ0n) is 10.0. The molecule has 2 N–H and O–H groups in total. The molecule has 0 saturated carbocycles. The molecule has 0 aliphatic carbocycles. The number of nitrogens with one attached hydrogen (secondary N) is 1. The molecule has 0 bridgehead atoms. The Morgan fingerprint density at radius 2 is 1.95 bits per heavy atom. The summed E-state index contributed by atoms with van der Waals surface area (Å²) in [4.78, 5) is 3.78. The van der Waals surface area contributed by atoms with Crippen molar-refractivity contribution in [2.75, 3.05) is 4.72 Å². The Hall–Kier alpha value is -1.34. The summed E-state index contributed by atoms with van der Waals surface area (Å²) in [6.07, 6.45) is 1.29. The van der Waals surface area contributed by atoms with Gasteiger partial charge in [-0.15, -0.1) is 0 Å². The van der Waals surface area contributed by atoms with E-state index < -0.39 is 10.0 Å². The Kier molecular flexibility index (Phi) is 4.49. The first-order valence-electron chi connectivity index (χ1n) is 5.46. The number of benzene rings is 1. The molecule has 1 aromatic carbocycles. The van der Waals surface area contributed by atoms with Crippen LogP contribution in [0.25, 0.3) is 0 Å². The summed E-state index contributed by atoms with van der Waals surface area (Å²) >= 11 is 11.7. The van der Waals surface area contributed by atoms with Crippen LogP contribution in [0.1, 0.15) is 5.56 Å². The van der Waals surface area contributed by atoms with Crippen molar-refractivity contribution in [2.45, 2.75) is 11.6 Å². The van der Waals surface area contributed by atoms with Crippen molar-refractivity contribution in [3.63, 3.8) is 0 Å². The Labute approximate surface area is 126 Å². The lowest BCUT2D eigenvalue weighted by atomic mass is 10.3. The van der Waals surface area contributed by atoms with Crippen molar-refractivity contribution in [1.82, 2.24) is 4.98 Å². The lowest BCUT2D eigenvalue weighted by Gasteiger charge is -2.09. The number of pyridine rings is 1. The van der Waals surface area contributed by atoms with Crippen LogP contribution in [0, 0.1) is 0 Å². The Balaban J connectivity index is 2.32. The number of halogens is 2. The summed E-state index contributed by atoms with van der Waals surface area (Å²) in [5.74, 6) is 0. The van der Waals surface area contributed by atoms with E-state index in [0.29, 0.717) is 10.6 Å². The third-order valence-electron chi connectivity index (χ3n) is 2.43. The molecule has 0 unspecified atom stereocenters. The molecule has 5 nitrogen and oxygen atoms in total. The third kappa shape index (κ3) is 3.40. The molecule has 0 aliphatic rings. The monoisotopic (exact) mass is 332 g/mol. The van der Waals surface area contributed by atoms with Gasteiger partial charge < -0.3 is 5.11 Å². The quantitative estimate of drug-likeness (QED) is 0.902. The third-order valence-corrected chi connectivity index (χ3v) is 4.27. The Bertz CT molecular complexity index is 718. The van der Waals surface area contributed by atoms with E-state index in [9.17, 15) is 8.42 Å².